The molecule has 1 fully saturated rings. The minimum atomic E-state index is -0.835. The minimum absolute atomic E-state index is 0.159. The molecule has 2 amide bonds. The molecule has 0 bridgehead atoms. The van der Waals surface area contributed by atoms with Crippen molar-refractivity contribution in [2.45, 2.75) is 50.6 Å². The van der Waals surface area contributed by atoms with Crippen LogP contribution in [0.2, 0.25) is 5.02 Å². The summed E-state index contributed by atoms with van der Waals surface area (Å²) in [6.45, 7) is -0.340. The fourth-order valence-corrected chi connectivity index (χ4v) is 3.81. The van der Waals surface area contributed by atoms with Crippen LogP contribution in [0.3, 0.4) is 0 Å². The molecule has 8 heteroatoms. The molecule has 2 N–H and O–H groups in total. The maximum Gasteiger partial charge on any atom is 0.329 e. The van der Waals surface area contributed by atoms with Gasteiger partial charge in [-0.15, -0.1) is 0 Å². The third kappa shape index (κ3) is 7.36. The SMILES string of the molecule is CSCC[C@@H](NC(=O)c1ccccc1Cl)C(=O)OCC(=O)NC1CCCCC1. The van der Waals surface area contributed by atoms with Crippen LogP contribution in [0, 0.1) is 0 Å². The summed E-state index contributed by atoms with van der Waals surface area (Å²) in [6.07, 6.45) is 7.65. The number of thioether (sulfide) groups is 1. The van der Waals surface area contributed by atoms with E-state index in [1.54, 1.807) is 36.0 Å². The quantitative estimate of drug-likeness (QED) is 0.592. The topological polar surface area (TPSA) is 84.5 Å². The van der Waals surface area contributed by atoms with Gasteiger partial charge >= 0.3 is 5.97 Å². The zero-order valence-electron chi connectivity index (χ0n) is 16.0. The van der Waals surface area contributed by atoms with Gasteiger partial charge in [-0.3, -0.25) is 9.59 Å². The number of hydrogen-bond donors (Lipinski definition) is 2. The van der Waals surface area contributed by atoms with Gasteiger partial charge in [0.1, 0.15) is 6.04 Å². The van der Waals surface area contributed by atoms with Crippen LogP contribution in [0.5, 0.6) is 0 Å². The highest BCUT2D eigenvalue weighted by Gasteiger charge is 2.24. The van der Waals surface area contributed by atoms with Gasteiger partial charge in [-0.2, -0.15) is 11.8 Å². The Morgan fingerprint density at radius 3 is 2.61 bits per heavy atom. The molecule has 0 heterocycles. The second kappa shape index (κ2) is 12.0. The van der Waals surface area contributed by atoms with Crippen LogP contribution in [0.15, 0.2) is 24.3 Å². The van der Waals surface area contributed by atoms with Gasteiger partial charge < -0.3 is 15.4 Å². The monoisotopic (exact) mass is 426 g/mol. The van der Waals surface area contributed by atoms with Crippen molar-refractivity contribution in [2.75, 3.05) is 18.6 Å². The summed E-state index contributed by atoms with van der Waals surface area (Å²) >= 11 is 7.60. The Bertz CT molecular complexity index is 680. The van der Waals surface area contributed by atoms with Crippen LogP contribution < -0.4 is 10.6 Å². The van der Waals surface area contributed by atoms with Gasteiger partial charge in [0.05, 0.1) is 10.6 Å². The highest BCUT2D eigenvalue weighted by atomic mass is 35.5. The first-order chi connectivity index (χ1) is 13.5. The summed E-state index contributed by atoms with van der Waals surface area (Å²) in [4.78, 5) is 36.9. The first-order valence-corrected chi connectivity index (χ1v) is 11.3. The number of benzene rings is 1. The van der Waals surface area contributed by atoms with Gasteiger partial charge in [-0.25, -0.2) is 4.79 Å². The van der Waals surface area contributed by atoms with Crippen molar-refractivity contribution in [3.05, 3.63) is 34.9 Å². The summed E-state index contributed by atoms with van der Waals surface area (Å²) in [6, 6.07) is 5.95. The molecular weight excluding hydrogens is 400 g/mol. The molecule has 6 nitrogen and oxygen atoms in total. The van der Waals surface area contributed by atoms with Crippen molar-refractivity contribution in [2.24, 2.45) is 0 Å². The highest BCUT2D eigenvalue weighted by molar-refractivity contribution is 7.98. The van der Waals surface area contributed by atoms with Gasteiger partial charge in [-0.1, -0.05) is 43.0 Å². The number of esters is 1. The Balaban J connectivity index is 1.88. The van der Waals surface area contributed by atoms with E-state index in [2.05, 4.69) is 10.6 Å². The van der Waals surface area contributed by atoms with Crippen LogP contribution in [0.25, 0.3) is 0 Å². The molecule has 1 aliphatic carbocycles. The van der Waals surface area contributed by atoms with E-state index in [1.165, 1.54) is 6.42 Å². The van der Waals surface area contributed by atoms with Crippen LogP contribution >= 0.6 is 23.4 Å². The molecule has 0 spiro atoms. The van der Waals surface area contributed by atoms with Crippen molar-refractivity contribution in [3.63, 3.8) is 0 Å². The molecule has 1 saturated carbocycles. The predicted molar refractivity (Wildman–Crippen MR) is 112 cm³/mol. The number of nitrogens with one attached hydrogen (secondary N) is 2. The zero-order chi connectivity index (χ0) is 20.4. The maximum atomic E-state index is 12.5. The highest BCUT2D eigenvalue weighted by Crippen LogP contribution is 2.17. The van der Waals surface area contributed by atoms with Gasteiger partial charge in [0.2, 0.25) is 0 Å². The van der Waals surface area contributed by atoms with Crippen molar-refractivity contribution in [1.82, 2.24) is 10.6 Å². The zero-order valence-corrected chi connectivity index (χ0v) is 17.6. The molecule has 154 valence electrons. The minimum Gasteiger partial charge on any atom is -0.454 e. The average Bonchev–Trinajstić information content (AvgIpc) is 2.70. The third-order valence-corrected chi connectivity index (χ3v) is 5.61. The van der Waals surface area contributed by atoms with Crippen molar-refractivity contribution >= 4 is 41.1 Å². The van der Waals surface area contributed by atoms with Crippen molar-refractivity contribution < 1.29 is 19.1 Å². The molecule has 28 heavy (non-hydrogen) atoms. The molecular formula is C20H27ClN2O4S. The summed E-state index contributed by atoms with van der Waals surface area (Å²) < 4.78 is 5.16. The van der Waals surface area contributed by atoms with Crippen molar-refractivity contribution in [1.29, 1.82) is 0 Å². The Morgan fingerprint density at radius 2 is 1.93 bits per heavy atom. The third-order valence-electron chi connectivity index (χ3n) is 4.63. The average molecular weight is 427 g/mol. The molecule has 0 aliphatic heterocycles. The van der Waals surface area contributed by atoms with Crippen LogP contribution in [-0.2, 0) is 14.3 Å². The summed E-state index contributed by atoms with van der Waals surface area (Å²) in [5, 5.41) is 5.89. The molecule has 0 unspecified atom stereocenters. The van der Waals surface area contributed by atoms with E-state index in [0.717, 1.165) is 25.7 Å². The smallest absolute Gasteiger partial charge is 0.329 e. The Labute approximate surface area is 175 Å². The first kappa shape index (κ1) is 22.6. The number of hydrogen-bond acceptors (Lipinski definition) is 5. The van der Waals surface area contributed by atoms with E-state index >= 15 is 0 Å². The summed E-state index contributed by atoms with van der Waals surface area (Å²) in [7, 11) is 0. The molecule has 0 saturated heterocycles. The Hall–Kier alpha value is -1.73. The Kier molecular flexibility index (Phi) is 9.64. The van der Waals surface area contributed by atoms with Gasteiger partial charge in [0, 0.05) is 6.04 Å². The molecule has 1 atom stereocenters. The number of halogens is 1. The maximum absolute atomic E-state index is 12.5. The fraction of sp³-hybridized carbons (Fsp3) is 0.550. The second-order valence-electron chi connectivity index (χ2n) is 6.80. The summed E-state index contributed by atoms with van der Waals surface area (Å²) in [5.41, 5.74) is 0.293. The van der Waals surface area contributed by atoms with E-state index in [0.29, 0.717) is 22.8 Å². The lowest BCUT2D eigenvalue weighted by molar-refractivity contribution is -0.150. The lowest BCUT2D eigenvalue weighted by Gasteiger charge is -2.23. The first-order valence-electron chi connectivity index (χ1n) is 9.51. The molecule has 1 aromatic rings. The van der Waals surface area contributed by atoms with E-state index in [1.807, 2.05) is 6.26 Å². The summed E-state index contributed by atoms with van der Waals surface area (Å²) in [5.74, 6) is -0.702. The lowest BCUT2D eigenvalue weighted by atomic mass is 9.95. The van der Waals surface area contributed by atoms with Crippen LogP contribution in [0.1, 0.15) is 48.9 Å². The number of rotatable bonds is 9. The van der Waals surface area contributed by atoms with E-state index in [9.17, 15) is 14.4 Å². The number of carbonyl (C=O) groups excluding carboxylic acids is 3. The van der Waals surface area contributed by atoms with Crippen LogP contribution in [0.4, 0.5) is 0 Å². The predicted octanol–water partition coefficient (Wildman–Crippen LogP) is 3.18. The van der Waals surface area contributed by atoms with Crippen molar-refractivity contribution in [3.8, 4) is 0 Å². The van der Waals surface area contributed by atoms with E-state index in [4.69, 9.17) is 16.3 Å². The number of carbonyl (C=O) groups is 3. The van der Waals surface area contributed by atoms with E-state index in [-0.39, 0.29) is 18.6 Å². The van der Waals surface area contributed by atoms with Gasteiger partial charge in [0.15, 0.2) is 6.61 Å². The number of ether oxygens (including phenoxy) is 1. The molecule has 0 radical (unpaired) electrons. The van der Waals surface area contributed by atoms with Gasteiger partial charge in [-0.05, 0) is 43.4 Å². The largest absolute Gasteiger partial charge is 0.454 e. The van der Waals surface area contributed by atoms with Gasteiger partial charge in [0.25, 0.3) is 11.8 Å². The molecule has 2 rings (SSSR count). The molecule has 1 aromatic carbocycles. The second-order valence-corrected chi connectivity index (χ2v) is 8.19. The molecule has 0 aromatic heterocycles. The fourth-order valence-electron chi connectivity index (χ4n) is 3.12. The normalized spacial score (nSPS) is 15.5. The Morgan fingerprint density at radius 1 is 1.21 bits per heavy atom. The van der Waals surface area contributed by atoms with E-state index < -0.39 is 17.9 Å². The lowest BCUT2D eigenvalue weighted by Crippen LogP contribution is -2.44. The standard InChI is InChI=1S/C20H27ClN2O4S/c1-28-12-11-17(23-19(25)15-9-5-6-10-16(15)21)20(26)27-13-18(24)22-14-7-3-2-4-8-14/h5-6,9-10,14,17H,2-4,7-8,11-13H2,1H3,(H,22,24)(H,23,25)/t17-/m1/s1. The number of amides is 2. The molecule has 1 aliphatic rings. The van der Waals surface area contributed by atoms with Crippen LogP contribution in [-0.4, -0.2) is 48.5 Å².